The van der Waals surface area contributed by atoms with E-state index in [0.29, 0.717) is 6.07 Å². The molecule has 28 heavy (non-hydrogen) atoms. The number of sulfone groups is 1. The standard InChI is InChI=1S/C16H14Cl2F3NO4S2/c1-9(2)27(23,24)15-6-3-10(17)7-14(15)22-28(25,26)11-4-5-13(18)12(8-11)16(19,20)21/h3-9,22H,1-2H3. The lowest BCUT2D eigenvalue weighted by atomic mass is 10.2. The third kappa shape index (κ3) is 4.73. The zero-order chi connectivity index (χ0) is 21.5. The van der Waals surface area contributed by atoms with E-state index in [1.54, 1.807) is 0 Å². The highest BCUT2D eigenvalue weighted by atomic mass is 35.5. The van der Waals surface area contributed by atoms with Crippen molar-refractivity contribution in [2.45, 2.75) is 35.1 Å². The molecule has 1 N–H and O–H groups in total. The molecule has 0 amide bonds. The number of alkyl halides is 3. The highest BCUT2D eigenvalue weighted by Gasteiger charge is 2.35. The van der Waals surface area contributed by atoms with Crippen molar-refractivity contribution in [1.29, 1.82) is 0 Å². The highest BCUT2D eigenvalue weighted by molar-refractivity contribution is 7.93. The molecule has 0 radical (unpaired) electrons. The second-order valence-corrected chi connectivity index (χ2v) is 11.0. The largest absolute Gasteiger partial charge is 0.417 e. The van der Waals surface area contributed by atoms with E-state index in [1.165, 1.54) is 19.9 Å². The molecule has 0 saturated carbocycles. The normalized spacial score (nSPS) is 13.0. The van der Waals surface area contributed by atoms with Crippen LogP contribution in [0.25, 0.3) is 0 Å². The van der Waals surface area contributed by atoms with Gasteiger partial charge in [-0.3, -0.25) is 4.72 Å². The van der Waals surface area contributed by atoms with Gasteiger partial charge in [0.2, 0.25) is 0 Å². The van der Waals surface area contributed by atoms with Crippen LogP contribution in [0.4, 0.5) is 18.9 Å². The molecule has 0 spiro atoms. The van der Waals surface area contributed by atoms with Crippen LogP contribution in [0, 0.1) is 0 Å². The summed E-state index contributed by atoms with van der Waals surface area (Å²) in [5, 5.41) is -1.51. The van der Waals surface area contributed by atoms with Crippen LogP contribution in [0.15, 0.2) is 46.2 Å². The zero-order valence-corrected chi connectivity index (χ0v) is 17.5. The van der Waals surface area contributed by atoms with Gasteiger partial charge in [0.05, 0.1) is 31.3 Å². The predicted molar refractivity (Wildman–Crippen MR) is 101 cm³/mol. The van der Waals surface area contributed by atoms with Crippen LogP contribution < -0.4 is 4.72 Å². The fraction of sp³-hybridized carbons (Fsp3) is 0.250. The molecular formula is C16H14Cl2F3NO4S2. The summed E-state index contributed by atoms with van der Waals surface area (Å²) in [6.07, 6.45) is -4.87. The molecular weight excluding hydrogens is 462 g/mol. The average Bonchev–Trinajstić information content (AvgIpc) is 2.53. The smallest absolute Gasteiger partial charge is 0.278 e. The van der Waals surface area contributed by atoms with Crippen molar-refractivity contribution in [2.24, 2.45) is 0 Å². The fourth-order valence-electron chi connectivity index (χ4n) is 2.18. The van der Waals surface area contributed by atoms with Gasteiger partial charge < -0.3 is 0 Å². The summed E-state index contributed by atoms with van der Waals surface area (Å²) in [6.45, 7) is 2.80. The van der Waals surface area contributed by atoms with Gasteiger partial charge >= 0.3 is 6.18 Å². The molecule has 0 aliphatic rings. The molecule has 0 aliphatic carbocycles. The summed E-state index contributed by atoms with van der Waals surface area (Å²) in [4.78, 5) is -1.09. The number of anilines is 1. The third-order valence-electron chi connectivity index (χ3n) is 3.67. The lowest BCUT2D eigenvalue weighted by Crippen LogP contribution is -2.20. The fourth-order valence-corrected chi connectivity index (χ4v) is 4.92. The van der Waals surface area contributed by atoms with Gasteiger partial charge in [0.1, 0.15) is 0 Å². The first-order valence-corrected chi connectivity index (χ1v) is 11.4. The minimum atomic E-state index is -4.87. The first-order valence-electron chi connectivity index (χ1n) is 7.59. The quantitative estimate of drug-likeness (QED) is 0.659. The van der Waals surface area contributed by atoms with E-state index in [4.69, 9.17) is 23.2 Å². The van der Waals surface area contributed by atoms with E-state index >= 15 is 0 Å². The highest BCUT2D eigenvalue weighted by Crippen LogP contribution is 2.37. The van der Waals surface area contributed by atoms with Gasteiger partial charge in [0, 0.05) is 5.02 Å². The van der Waals surface area contributed by atoms with Crippen LogP contribution in [0.2, 0.25) is 10.0 Å². The van der Waals surface area contributed by atoms with E-state index in [1.807, 2.05) is 4.72 Å². The van der Waals surface area contributed by atoms with Crippen molar-refractivity contribution in [3.63, 3.8) is 0 Å². The number of nitrogens with one attached hydrogen (secondary N) is 1. The molecule has 2 rings (SSSR count). The Kier molecular flexibility index (Phi) is 6.30. The maximum absolute atomic E-state index is 13.0. The van der Waals surface area contributed by atoms with Gasteiger partial charge in [-0.15, -0.1) is 0 Å². The summed E-state index contributed by atoms with van der Waals surface area (Å²) >= 11 is 11.3. The molecule has 0 atom stereocenters. The third-order valence-corrected chi connectivity index (χ3v) is 7.80. The molecule has 5 nitrogen and oxygen atoms in total. The Hall–Kier alpha value is -1.49. The molecule has 0 heterocycles. The van der Waals surface area contributed by atoms with Crippen LogP contribution in [0.5, 0.6) is 0 Å². The van der Waals surface area contributed by atoms with Gasteiger partial charge in [-0.2, -0.15) is 13.2 Å². The maximum Gasteiger partial charge on any atom is 0.417 e. The van der Waals surface area contributed by atoms with Crippen LogP contribution in [-0.4, -0.2) is 22.1 Å². The molecule has 12 heteroatoms. The molecule has 0 aliphatic heterocycles. The Labute approximate surface area is 170 Å². The van der Waals surface area contributed by atoms with Crippen molar-refractivity contribution in [3.05, 3.63) is 52.0 Å². The van der Waals surface area contributed by atoms with Crippen LogP contribution in [0.1, 0.15) is 19.4 Å². The lowest BCUT2D eigenvalue weighted by Gasteiger charge is -2.16. The Morgan fingerprint density at radius 2 is 1.57 bits per heavy atom. The second-order valence-electron chi connectivity index (χ2n) is 5.98. The second kappa shape index (κ2) is 7.74. The lowest BCUT2D eigenvalue weighted by molar-refractivity contribution is -0.137. The van der Waals surface area contributed by atoms with E-state index in [2.05, 4.69) is 0 Å². The number of rotatable bonds is 5. The van der Waals surface area contributed by atoms with Gasteiger partial charge in [0.15, 0.2) is 9.84 Å². The molecule has 0 saturated heterocycles. The zero-order valence-electron chi connectivity index (χ0n) is 14.4. The van der Waals surface area contributed by atoms with Crippen LogP contribution in [0.3, 0.4) is 0 Å². The Morgan fingerprint density at radius 1 is 0.964 bits per heavy atom. The molecule has 0 fully saturated rings. The monoisotopic (exact) mass is 475 g/mol. The summed E-state index contributed by atoms with van der Waals surface area (Å²) in [7, 11) is -8.47. The first-order chi connectivity index (χ1) is 12.7. The van der Waals surface area contributed by atoms with Crippen LogP contribution in [-0.2, 0) is 26.0 Å². The van der Waals surface area contributed by atoms with Crippen molar-refractivity contribution in [1.82, 2.24) is 0 Å². The molecule has 2 aromatic carbocycles. The summed E-state index contributed by atoms with van der Waals surface area (Å²) in [5.74, 6) is 0. The van der Waals surface area contributed by atoms with E-state index in [0.717, 1.165) is 24.3 Å². The topological polar surface area (TPSA) is 80.3 Å². The van der Waals surface area contributed by atoms with E-state index in [-0.39, 0.29) is 15.6 Å². The molecule has 2 aromatic rings. The van der Waals surface area contributed by atoms with E-state index < -0.39 is 46.8 Å². The maximum atomic E-state index is 13.0. The summed E-state index contributed by atoms with van der Waals surface area (Å²) in [6, 6.07) is 5.49. The Morgan fingerprint density at radius 3 is 2.11 bits per heavy atom. The Bertz CT molecular complexity index is 1120. The number of benzene rings is 2. The van der Waals surface area contributed by atoms with Crippen molar-refractivity contribution >= 4 is 48.7 Å². The van der Waals surface area contributed by atoms with Crippen molar-refractivity contribution in [3.8, 4) is 0 Å². The van der Waals surface area contributed by atoms with Gasteiger partial charge in [-0.1, -0.05) is 23.2 Å². The average molecular weight is 476 g/mol. The predicted octanol–water partition coefficient (Wildman–Crippen LogP) is 5.00. The SMILES string of the molecule is CC(C)S(=O)(=O)c1ccc(Cl)cc1NS(=O)(=O)c1ccc(Cl)c(C(F)(F)F)c1. The minimum absolute atomic E-state index is 0.0347. The molecule has 154 valence electrons. The van der Waals surface area contributed by atoms with Gasteiger partial charge in [-0.25, -0.2) is 16.8 Å². The molecule has 0 unspecified atom stereocenters. The van der Waals surface area contributed by atoms with Gasteiger partial charge in [0.25, 0.3) is 10.0 Å². The summed E-state index contributed by atoms with van der Waals surface area (Å²) < 4.78 is 91.2. The molecule has 0 aromatic heterocycles. The van der Waals surface area contributed by atoms with Crippen molar-refractivity contribution in [2.75, 3.05) is 4.72 Å². The first kappa shape index (κ1) is 22.8. The summed E-state index contributed by atoms with van der Waals surface area (Å²) in [5.41, 5.74) is -1.71. The van der Waals surface area contributed by atoms with Gasteiger partial charge in [-0.05, 0) is 50.2 Å². The van der Waals surface area contributed by atoms with E-state index in [9.17, 15) is 30.0 Å². The number of hydrogen-bond acceptors (Lipinski definition) is 4. The number of halogens is 5. The number of sulfonamides is 1. The Balaban J connectivity index is 2.59. The van der Waals surface area contributed by atoms with Crippen LogP contribution >= 0.6 is 23.2 Å². The number of hydrogen-bond donors (Lipinski definition) is 1. The molecule has 0 bridgehead atoms. The minimum Gasteiger partial charge on any atom is -0.278 e. The van der Waals surface area contributed by atoms with Crippen molar-refractivity contribution < 1.29 is 30.0 Å².